The number of anilines is 1. The Hall–Kier alpha value is -2.54. The first-order valence-electron chi connectivity index (χ1n) is 8.96. The van der Waals surface area contributed by atoms with Crippen molar-refractivity contribution in [3.8, 4) is 11.4 Å². The number of nitrogens with one attached hydrogen (secondary N) is 1. The van der Waals surface area contributed by atoms with Crippen LogP contribution in [0, 0.1) is 6.92 Å². The Kier molecular flexibility index (Phi) is 5.78. The van der Waals surface area contributed by atoms with Gasteiger partial charge in [-0.1, -0.05) is 0 Å². The third kappa shape index (κ3) is 4.76. The van der Waals surface area contributed by atoms with Gasteiger partial charge in [-0.15, -0.1) is 0 Å². The Labute approximate surface area is 154 Å². The number of aromatic nitrogens is 3. The molecule has 7 heteroatoms. The average Bonchev–Trinajstić information content (AvgIpc) is 2.63. The summed E-state index contributed by atoms with van der Waals surface area (Å²) in [5.41, 5.74) is 1.84. The van der Waals surface area contributed by atoms with Crippen LogP contribution in [0.3, 0.4) is 0 Å². The number of pyridine rings is 1. The minimum atomic E-state index is 0.156. The van der Waals surface area contributed by atoms with Crippen molar-refractivity contribution in [2.45, 2.75) is 25.8 Å². The van der Waals surface area contributed by atoms with E-state index < -0.39 is 0 Å². The van der Waals surface area contributed by atoms with Crippen LogP contribution in [0.1, 0.15) is 18.5 Å². The number of nitrogens with zero attached hydrogens (tertiary/aromatic N) is 5. The first-order valence-corrected chi connectivity index (χ1v) is 8.96. The third-order valence-corrected chi connectivity index (χ3v) is 4.57. The minimum Gasteiger partial charge on any atom is -0.367 e. The van der Waals surface area contributed by atoms with Crippen molar-refractivity contribution in [3.05, 3.63) is 36.3 Å². The predicted molar refractivity (Wildman–Crippen MR) is 102 cm³/mol. The zero-order valence-corrected chi connectivity index (χ0v) is 15.6. The van der Waals surface area contributed by atoms with Crippen molar-refractivity contribution in [1.29, 1.82) is 0 Å². The maximum Gasteiger partial charge on any atom is 0.236 e. The molecule has 0 aromatic carbocycles. The van der Waals surface area contributed by atoms with E-state index in [0.717, 1.165) is 43.0 Å². The minimum absolute atomic E-state index is 0.156. The fourth-order valence-electron chi connectivity index (χ4n) is 3.04. The van der Waals surface area contributed by atoms with Crippen molar-refractivity contribution in [2.75, 3.05) is 39.0 Å². The molecule has 0 aliphatic carbocycles. The lowest BCUT2D eigenvalue weighted by molar-refractivity contribution is -0.130. The molecule has 0 radical (unpaired) electrons. The van der Waals surface area contributed by atoms with Crippen LogP contribution < -0.4 is 5.32 Å². The maximum atomic E-state index is 11.8. The normalized spacial score (nSPS) is 15.7. The lowest BCUT2D eigenvalue weighted by atomic mass is 10.0. The van der Waals surface area contributed by atoms with Crippen LogP contribution in [0.4, 0.5) is 5.82 Å². The van der Waals surface area contributed by atoms with Gasteiger partial charge in [-0.2, -0.15) is 0 Å². The van der Waals surface area contributed by atoms with E-state index in [9.17, 15) is 4.79 Å². The molecule has 1 N–H and O–H groups in total. The lowest BCUT2D eigenvalue weighted by Crippen LogP contribution is -2.44. The fraction of sp³-hybridized carbons (Fsp3) is 0.474. The Morgan fingerprint density at radius 1 is 1.31 bits per heavy atom. The van der Waals surface area contributed by atoms with E-state index in [4.69, 9.17) is 0 Å². The second-order valence-corrected chi connectivity index (χ2v) is 6.94. The molecule has 1 saturated heterocycles. The van der Waals surface area contributed by atoms with Gasteiger partial charge in [-0.25, -0.2) is 9.97 Å². The average molecular weight is 354 g/mol. The highest BCUT2D eigenvalue weighted by atomic mass is 16.2. The number of rotatable bonds is 5. The van der Waals surface area contributed by atoms with Gasteiger partial charge >= 0.3 is 0 Å². The Morgan fingerprint density at radius 2 is 2.08 bits per heavy atom. The second-order valence-electron chi connectivity index (χ2n) is 6.94. The van der Waals surface area contributed by atoms with Crippen molar-refractivity contribution in [2.24, 2.45) is 0 Å². The van der Waals surface area contributed by atoms with E-state index in [1.165, 1.54) is 0 Å². The number of hydrogen-bond donors (Lipinski definition) is 1. The molecule has 1 amide bonds. The highest BCUT2D eigenvalue weighted by molar-refractivity contribution is 5.77. The van der Waals surface area contributed by atoms with Crippen LogP contribution in [0.5, 0.6) is 0 Å². The van der Waals surface area contributed by atoms with Crippen molar-refractivity contribution in [3.63, 3.8) is 0 Å². The molecule has 7 nitrogen and oxygen atoms in total. The van der Waals surface area contributed by atoms with Crippen molar-refractivity contribution in [1.82, 2.24) is 24.8 Å². The highest BCUT2D eigenvalue weighted by Gasteiger charge is 2.21. The first kappa shape index (κ1) is 18.3. The van der Waals surface area contributed by atoms with Gasteiger partial charge in [0.15, 0.2) is 5.82 Å². The lowest BCUT2D eigenvalue weighted by Gasteiger charge is -2.32. The number of carbonyl (C=O) groups is 1. The number of amides is 1. The molecule has 0 unspecified atom stereocenters. The SMILES string of the molecule is Cc1cc(NC2CCN(CC(=O)N(C)C)CC2)nc(-c2cccnc2)n1. The Balaban J connectivity index is 1.60. The van der Waals surface area contributed by atoms with Gasteiger partial charge in [0.05, 0.1) is 6.54 Å². The molecular formula is C19H26N6O. The molecule has 0 saturated carbocycles. The summed E-state index contributed by atoms with van der Waals surface area (Å²) >= 11 is 0. The van der Waals surface area contributed by atoms with Gasteiger partial charge in [0.2, 0.25) is 5.91 Å². The van der Waals surface area contributed by atoms with Gasteiger partial charge < -0.3 is 10.2 Å². The molecule has 1 aliphatic heterocycles. The summed E-state index contributed by atoms with van der Waals surface area (Å²) in [6.07, 6.45) is 5.50. The number of carbonyl (C=O) groups excluding carboxylic acids is 1. The molecule has 0 bridgehead atoms. The highest BCUT2D eigenvalue weighted by Crippen LogP contribution is 2.20. The van der Waals surface area contributed by atoms with Gasteiger partial charge in [0.1, 0.15) is 5.82 Å². The van der Waals surface area contributed by atoms with Gasteiger partial charge in [0, 0.05) is 62.9 Å². The van der Waals surface area contributed by atoms with Crippen LogP contribution in [0.15, 0.2) is 30.6 Å². The zero-order chi connectivity index (χ0) is 18.5. The number of piperidine rings is 1. The zero-order valence-electron chi connectivity index (χ0n) is 15.6. The van der Waals surface area contributed by atoms with E-state index in [0.29, 0.717) is 18.4 Å². The smallest absolute Gasteiger partial charge is 0.236 e. The van der Waals surface area contributed by atoms with E-state index in [1.807, 2.05) is 25.1 Å². The van der Waals surface area contributed by atoms with E-state index in [1.54, 1.807) is 31.4 Å². The molecule has 0 spiro atoms. The molecule has 3 heterocycles. The Bertz CT molecular complexity index is 741. The van der Waals surface area contributed by atoms with Gasteiger partial charge in [0.25, 0.3) is 0 Å². The summed E-state index contributed by atoms with van der Waals surface area (Å²) in [7, 11) is 3.60. The number of likely N-dealkylation sites (tertiary alicyclic amines) is 1. The summed E-state index contributed by atoms with van der Waals surface area (Å²) in [6, 6.07) is 6.18. The van der Waals surface area contributed by atoms with Crippen LogP contribution in [-0.4, -0.2) is 70.4 Å². The van der Waals surface area contributed by atoms with Crippen LogP contribution in [0.25, 0.3) is 11.4 Å². The molecular weight excluding hydrogens is 328 g/mol. The summed E-state index contributed by atoms with van der Waals surface area (Å²) in [4.78, 5) is 29.0. The summed E-state index contributed by atoms with van der Waals surface area (Å²) in [5.74, 6) is 1.69. The van der Waals surface area contributed by atoms with E-state index >= 15 is 0 Å². The predicted octanol–water partition coefficient (Wildman–Crippen LogP) is 1.81. The van der Waals surface area contributed by atoms with E-state index in [2.05, 4.69) is 25.2 Å². The molecule has 3 rings (SSSR count). The quantitative estimate of drug-likeness (QED) is 0.883. The standard InChI is InChI=1S/C19H26N6O/c1-14-11-17(23-19(21-14)15-5-4-8-20-12-15)22-16-6-9-25(10-7-16)13-18(26)24(2)3/h4-5,8,11-12,16H,6-7,9-10,13H2,1-3H3,(H,21,22,23). The van der Waals surface area contributed by atoms with Crippen molar-refractivity contribution < 1.29 is 4.79 Å². The second kappa shape index (κ2) is 8.23. The molecule has 138 valence electrons. The number of aryl methyl sites for hydroxylation is 1. The molecule has 26 heavy (non-hydrogen) atoms. The molecule has 2 aromatic heterocycles. The topological polar surface area (TPSA) is 74.2 Å². The van der Waals surface area contributed by atoms with Crippen LogP contribution >= 0.6 is 0 Å². The van der Waals surface area contributed by atoms with Crippen LogP contribution in [0.2, 0.25) is 0 Å². The monoisotopic (exact) mass is 354 g/mol. The Morgan fingerprint density at radius 3 is 2.73 bits per heavy atom. The molecule has 1 aliphatic rings. The number of likely N-dealkylation sites (N-methyl/N-ethyl adjacent to an activating group) is 1. The molecule has 1 fully saturated rings. The first-order chi connectivity index (χ1) is 12.5. The van der Waals surface area contributed by atoms with Gasteiger partial charge in [-0.3, -0.25) is 14.7 Å². The largest absolute Gasteiger partial charge is 0.367 e. The fourth-order valence-corrected chi connectivity index (χ4v) is 3.04. The third-order valence-electron chi connectivity index (χ3n) is 4.57. The maximum absolute atomic E-state index is 11.8. The van der Waals surface area contributed by atoms with E-state index in [-0.39, 0.29) is 5.91 Å². The summed E-state index contributed by atoms with van der Waals surface area (Å²) in [6.45, 7) is 4.30. The molecule has 0 atom stereocenters. The van der Waals surface area contributed by atoms with Crippen LogP contribution in [-0.2, 0) is 4.79 Å². The van der Waals surface area contributed by atoms with Crippen molar-refractivity contribution >= 4 is 11.7 Å². The molecule has 2 aromatic rings. The van der Waals surface area contributed by atoms with Gasteiger partial charge in [-0.05, 0) is 31.9 Å². The number of hydrogen-bond acceptors (Lipinski definition) is 6. The summed E-state index contributed by atoms with van der Waals surface area (Å²) in [5, 5.41) is 3.53. The summed E-state index contributed by atoms with van der Waals surface area (Å²) < 4.78 is 0.